The number of aromatic nitrogens is 2. The molecule has 1 rings (SSSR count). The van der Waals surface area contributed by atoms with Gasteiger partial charge < -0.3 is 0 Å². The first-order valence-corrected chi connectivity index (χ1v) is 3.29. The van der Waals surface area contributed by atoms with Crippen LogP contribution in [-0.2, 0) is 6.42 Å². The lowest BCUT2D eigenvalue weighted by Gasteiger charge is -1.93. The Kier molecular flexibility index (Phi) is 2.31. The van der Waals surface area contributed by atoms with E-state index < -0.39 is 0 Å². The quantitative estimate of drug-likeness (QED) is 0.623. The van der Waals surface area contributed by atoms with Crippen molar-refractivity contribution in [1.29, 1.82) is 0 Å². The monoisotopic (exact) mass is 140 g/mol. The summed E-state index contributed by atoms with van der Waals surface area (Å²) in [6.07, 6.45) is 4.20. The van der Waals surface area contributed by atoms with Crippen molar-refractivity contribution in [3.05, 3.63) is 24.0 Å². The Morgan fingerprint density at radius 2 is 2.00 bits per heavy atom. The zero-order valence-corrected chi connectivity index (χ0v) is 5.84. The molecule has 1 aromatic heterocycles. The van der Waals surface area contributed by atoms with Crippen molar-refractivity contribution in [3.8, 4) is 0 Å². The lowest BCUT2D eigenvalue weighted by atomic mass is 10.3. The summed E-state index contributed by atoms with van der Waals surface area (Å²) in [5, 5.41) is 0. The molecule has 3 heteroatoms. The molecule has 1 heterocycles. The van der Waals surface area contributed by atoms with E-state index in [1.165, 1.54) is 12.4 Å². The lowest BCUT2D eigenvalue weighted by Crippen LogP contribution is -1.93. The second-order valence-electron chi connectivity index (χ2n) is 2.07. The first-order valence-electron chi connectivity index (χ1n) is 3.29. The van der Waals surface area contributed by atoms with Crippen LogP contribution in [0.4, 0.5) is 4.39 Å². The van der Waals surface area contributed by atoms with Crippen LogP contribution in [0.25, 0.3) is 0 Å². The van der Waals surface area contributed by atoms with Crippen LogP contribution in [0.5, 0.6) is 0 Å². The molecule has 0 aliphatic rings. The number of aryl methyl sites for hydroxylation is 1. The van der Waals surface area contributed by atoms with E-state index in [1.54, 1.807) is 0 Å². The average Bonchev–Trinajstić information content (AvgIpc) is 1.95. The van der Waals surface area contributed by atoms with Gasteiger partial charge in [0.15, 0.2) is 5.82 Å². The third-order valence-electron chi connectivity index (χ3n) is 1.15. The van der Waals surface area contributed by atoms with Crippen molar-refractivity contribution >= 4 is 0 Å². The van der Waals surface area contributed by atoms with Crippen molar-refractivity contribution in [1.82, 2.24) is 9.97 Å². The third-order valence-corrected chi connectivity index (χ3v) is 1.15. The van der Waals surface area contributed by atoms with Gasteiger partial charge in [-0.3, -0.25) is 0 Å². The molecule has 2 nitrogen and oxygen atoms in total. The molecule has 1 aromatic rings. The fourth-order valence-electron chi connectivity index (χ4n) is 0.692. The molecule has 0 fully saturated rings. The molecule has 0 bridgehead atoms. The second kappa shape index (κ2) is 3.25. The van der Waals surface area contributed by atoms with Gasteiger partial charge in [-0.25, -0.2) is 14.4 Å². The predicted molar refractivity (Wildman–Crippen MR) is 36.0 cm³/mol. The van der Waals surface area contributed by atoms with Crippen molar-refractivity contribution in [2.24, 2.45) is 0 Å². The Hall–Kier alpha value is -0.990. The van der Waals surface area contributed by atoms with Crippen molar-refractivity contribution in [2.75, 3.05) is 0 Å². The summed E-state index contributed by atoms with van der Waals surface area (Å²) in [7, 11) is 0. The van der Waals surface area contributed by atoms with Gasteiger partial charge in [-0.1, -0.05) is 6.92 Å². The maximum Gasteiger partial charge on any atom is 0.159 e. The minimum Gasteiger partial charge on any atom is -0.238 e. The Bertz CT molecular complexity index is 195. The van der Waals surface area contributed by atoms with E-state index >= 15 is 0 Å². The molecule has 0 unspecified atom stereocenters. The molecule has 0 saturated carbocycles. The van der Waals surface area contributed by atoms with E-state index in [4.69, 9.17) is 0 Å². The summed E-state index contributed by atoms with van der Waals surface area (Å²) in [5.41, 5.74) is 0. The van der Waals surface area contributed by atoms with E-state index in [0.717, 1.165) is 12.8 Å². The Morgan fingerprint density at radius 3 is 2.50 bits per heavy atom. The molecule has 0 N–H and O–H groups in total. The molecular formula is C7H9FN2. The van der Waals surface area contributed by atoms with Gasteiger partial charge in [0.05, 0.1) is 12.4 Å². The van der Waals surface area contributed by atoms with Crippen molar-refractivity contribution in [3.63, 3.8) is 0 Å². The molecular weight excluding hydrogens is 131 g/mol. The Balaban J connectivity index is 2.69. The highest BCUT2D eigenvalue weighted by molar-refractivity contribution is 4.90. The predicted octanol–water partition coefficient (Wildman–Crippen LogP) is 1.57. The summed E-state index contributed by atoms with van der Waals surface area (Å²) < 4.78 is 12.2. The second-order valence-corrected chi connectivity index (χ2v) is 2.07. The van der Waals surface area contributed by atoms with E-state index in [9.17, 15) is 4.39 Å². The summed E-state index contributed by atoms with van der Waals surface area (Å²) >= 11 is 0. The molecule has 0 amide bonds. The van der Waals surface area contributed by atoms with E-state index in [0.29, 0.717) is 5.82 Å². The molecule has 0 aliphatic heterocycles. The summed E-state index contributed by atoms with van der Waals surface area (Å²) in [4.78, 5) is 7.56. The number of rotatable bonds is 2. The summed E-state index contributed by atoms with van der Waals surface area (Å²) in [6, 6.07) is 0. The third kappa shape index (κ3) is 1.76. The van der Waals surface area contributed by atoms with Crippen LogP contribution in [0.15, 0.2) is 12.4 Å². The topological polar surface area (TPSA) is 25.8 Å². The highest BCUT2D eigenvalue weighted by Gasteiger charge is 1.93. The first-order chi connectivity index (χ1) is 4.83. The lowest BCUT2D eigenvalue weighted by molar-refractivity contribution is 0.607. The largest absolute Gasteiger partial charge is 0.238 e. The molecule has 0 radical (unpaired) electrons. The van der Waals surface area contributed by atoms with Crippen molar-refractivity contribution < 1.29 is 4.39 Å². The van der Waals surface area contributed by atoms with E-state index in [1.807, 2.05) is 6.92 Å². The SMILES string of the molecule is CCCc1ncc(F)cn1. The van der Waals surface area contributed by atoms with Crippen LogP contribution in [0.2, 0.25) is 0 Å². The maximum absolute atomic E-state index is 12.2. The van der Waals surface area contributed by atoms with Crippen LogP contribution in [0.3, 0.4) is 0 Å². The van der Waals surface area contributed by atoms with Gasteiger partial charge in [-0.15, -0.1) is 0 Å². The number of nitrogens with zero attached hydrogens (tertiary/aromatic N) is 2. The maximum atomic E-state index is 12.2. The van der Waals surface area contributed by atoms with Gasteiger partial charge in [0.25, 0.3) is 0 Å². The van der Waals surface area contributed by atoms with Gasteiger partial charge in [0, 0.05) is 6.42 Å². The van der Waals surface area contributed by atoms with Gasteiger partial charge in [-0.2, -0.15) is 0 Å². The zero-order chi connectivity index (χ0) is 7.40. The van der Waals surface area contributed by atoms with Crippen LogP contribution >= 0.6 is 0 Å². The number of halogens is 1. The van der Waals surface area contributed by atoms with Gasteiger partial charge in [0.2, 0.25) is 0 Å². The highest BCUT2D eigenvalue weighted by Crippen LogP contribution is 1.95. The van der Waals surface area contributed by atoms with E-state index in [-0.39, 0.29) is 5.82 Å². The summed E-state index contributed by atoms with van der Waals surface area (Å²) in [6.45, 7) is 2.03. The minimum atomic E-state index is -0.375. The normalized spacial score (nSPS) is 9.80. The van der Waals surface area contributed by atoms with Crippen LogP contribution in [0.1, 0.15) is 19.2 Å². The highest BCUT2D eigenvalue weighted by atomic mass is 19.1. The standard InChI is InChI=1S/C7H9FN2/c1-2-3-7-9-4-6(8)5-10-7/h4-5H,2-3H2,1H3. The van der Waals surface area contributed by atoms with E-state index in [2.05, 4.69) is 9.97 Å². The molecule has 0 aliphatic carbocycles. The number of hydrogen-bond donors (Lipinski definition) is 0. The fraction of sp³-hybridized carbons (Fsp3) is 0.429. The fourth-order valence-corrected chi connectivity index (χ4v) is 0.692. The molecule has 10 heavy (non-hydrogen) atoms. The smallest absolute Gasteiger partial charge is 0.159 e. The molecule has 0 atom stereocenters. The zero-order valence-electron chi connectivity index (χ0n) is 5.84. The van der Waals surface area contributed by atoms with Crippen LogP contribution in [-0.4, -0.2) is 9.97 Å². The van der Waals surface area contributed by atoms with Crippen LogP contribution < -0.4 is 0 Å². The Labute approximate surface area is 59.1 Å². The Morgan fingerprint density at radius 1 is 1.40 bits per heavy atom. The minimum absolute atomic E-state index is 0.375. The van der Waals surface area contributed by atoms with Gasteiger partial charge in [-0.05, 0) is 6.42 Å². The molecule has 0 spiro atoms. The number of hydrogen-bond acceptors (Lipinski definition) is 2. The molecule has 0 saturated heterocycles. The molecule has 54 valence electrons. The van der Waals surface area contributed by atoms with Crippen molar-refractivity contribution in [2.45, 2.75) is 19.8 Å². The average molecular weight is 140 g/mol. The van der Waals surface area contributed by atoms with Gasteiger partial charge >= 0.3 is 0 Å². The summed E-state index contributed by atoms with van der Waals surface area (Å²) in [5.74, 6) is 0.337. The van der Waals surface area contributed by atoms with Gasteiger partial charge in [0.1, 0.15) is 5.82 Å². The van der Waals surface area contributed by atoms with Crippen LogP contribution in [0, 0.1) is 5.82 Å². The molecule has 0 aromatic carbocycles. The first kappa shape index (κ1) is 7.12.